The van der Waals surface area contributed by atoms with Gasteiger partial charge in [-0.2, -0.15) is 0 Å². The summed E-state index contributed by atoms with van der Waals surface area (Å²) >= 11 is 5.62. The van der Waals surface area contributed by atoms with E-state index in [0.717, 1.165) is 41.7 Å². The number of anilines is 1. The van der Waals surface area contributed by atoms with E-state index in [2.05, 4.69) is 5.32 Å². The number of carbonyl (C=O) groups is 2. The van der Waals surface area contributed by atoms with Crippen LogP contribution in [0.4, 0.5) is 5.69 Å². The molecule has 0 aliphatic carbocycles. The van der Waals surface area contributed by atoms with Crippen LogP contribution in [0.1, 0.15) is 25.3 Å². The monoisotopic (exact) mass is 518 g/mol. The molecule has 0 unspecified atom stereocenters. The van der Waals surface area contributed by atoms with Gasteiger partial charge >= 0.3 is 0 Å². The minimum atomic E-state index is -0.206. The number of fused-ring (bicyclic) bond motifs is 1. The largest absolute Gasteiger partial charge is 0.494 e. The predicted molar refractivity (Wildman–Crippen MR) is 147 cm³/mol. The number of carbonyl (C=O) groups excluding carboxylic acids is 2. The molecule has 3 aromatic rings. The van der Waals surface area contributed by atoms with Gasteiger partial charge in [0.2, 0.25) is 5.91 Å². The quantitative estimate of drug-likeness (QED) is 0.360. The van der Waals surface area contributed by atoms with Crippen LogP contribution in [0.5, 0.6) is 5.75 Å². The lowest BCUT2D eigenvalue weighted by Crippen LogP contribution is -2.34. The molecule has 2 aromatic carbocycles. The van der Waals surface area contributed by atoms with Crippen molar-refractivity contribution in [3.8, 4) is 5.75 Å². The number of rotatable bonds is 8. The Balaban J connectivity index is 1.39. The van der Waals surface area contributed by atoms with Gasteiger partial charge in [0.1, 0.15) is 18.0 Å². The molecule has 1 atom stereocenters. The second-order valence-electron chi connectivity index (χ2n) is 9.11. The Labute approximate surface area is 221 Å². The number of para-hydroxylation sites is 1. The highest BCUT2D eigenvalue weighted by Gasteiger charge is 2.37. The van der Waals surface area contributed by atoms with Crippen LogP contribution >= 0.6 is 12.2 Å². The van der Waals surface area contributed by atoms with Gasteiger partial charge in [0.05, 0.1) is 18.4 Å². The molecule has 2 aliphatic heterocycles. The molecular weight excluding hydrogens is 488 g/mol. The minimum absolute atomic E-state index is 0.0765. The lowest BCUT2D eigenvalue weighted by Gasteiger charge is -2.16. The first-order valence-electron chi connectivity index (χ1n) is 12.5. The maximum Gasteiger partial charge on any atom is 0.281 e. The number of thiocarbonyl (C=S) groups is 1. The summed E-state index contributed by atoms with van der Waals surface area (Å²) < 4.78 is 13.0. The number of nitrogens with zero attached hydrogens (tertiary/aromatic N) is 3. The van der Waals surface area contributed by atoms with Crippen molar-refractivity contribution in [1.29, 1.82) is 0 Å². The van der Waals surface area contributed by atoms with Crippen LogP contribution in [0.2, 0.25) is 0 Å². The lowest BCUT2D eigenvalue weighted by molar-refractivity contribution is -0.122. The fourth-order valence-corrected chi connectivity index (χ4v) is 5.04. The van der Waals surface area contributed by atoms with Gasteiger partial charge in [-0.05, 0) is 68.4 Å². The molecule has 0 bridgehead atoms. The van der Waals surface area contributed by atoms with Crippen molar-refractivity contribution in [3.63, 3.8) is 0 Å². The molecule has 2 fully saturated rings. The molecule has 2 saturated heterocycles. The number of ether oxygens (including phenoxy) is 2. The zero-order valence-electron chi connectivity index (χ0n) is 21.0. The van der Waals surface area contributed by atoms with Crippen LogP contribution in [0.15, 0.2) is 60.4 Å². The van der Waals surface area contributed by atoms with Gasteiger partial charge < -0.3 is 24.3 Å². The molecule has 9 heteroatoms. The molecule has 1 N–H and O–H groups in total. The normalized spacial score (nSPS) is 18.9. The van der Waals surface area contributed by atoms with Crippen molar-refractivity contribution < 1.29 is 19.1 Å². The molecule has 5 rings (SSSR count). The first-order chi connectivity index (χ1) is 18.0. The number of benzene rings is 2. The van der Waals surface area contributed by atoms with Gasteiger partial charge in [-0.15, -0.1) is 0 Å². The minimum Gasteiger partial charge on any atom is -0.494 e. The van der Waals surface area contributed by atoms with Crippen LogP contribution in [-0.4, -0.2) is 59.3 Å². The van der Waals surface area contributed by atoms with Gasteiger partial charge in [-0.1, -0.05) is 18.2 Å². The van der Waals surface area contributed by atoms with E-state index >= 15 is 0 Å². The Kier molecular flexibility index (Phi) is 7.25. The second kappa shape index (κ2) is 10.7. The molecule has 0 saturated carbocycles. The first-order valence-corrected chi connectivity index (χ1v) is 12.9. The third-order valence-corrected chi connectivity index (χ3v) is 7.10. The molecule has 2 amide bonds. The van der Waals surface area contributed by atoms with E-state index in [4.69, 9.17) is 21.7 Å². The third-order valence-electron chi connectivity index (χ3n) is 6.64. The topological polar surface area (TPSA) is 76.0 Å². The maximum absolute atomic E-state index is 13.5. The Morgan fingerprint density at radius 3 is 2.73 bits per heavy atom. The molecule has 0 radical (unpaired) electrons. The Morgan fingerprint density at radius 1 is 1.22 bits per heavy atom. The Morgan fingerprint density at radius 2 is 2.00 bits per heavy atom. The molecule has 2 aliphatic rings. The summed E-state index contributed by atoms with van der Waals surface area (Å²) in [4.78, 5) is 29.4. The number of aromatic nitrogens is 1. The van der Waals surface area contributed by atoms with Crippen LogP contribution in [0, 0.1) is 0 Å². The second-order valence-corrected chi connectivity index (χ2v) is 9.47. The van der Waals surface area contributed by atoms with E-state index in [1.54, 1.807) is 11.9 Å². The highest BCUT2D eigenvalue weighted by molar-refractivity contribution is 7.80. The Bertz CT molecular complexity index is 1360. The van der Waals surface area contributed by atoms with Gasteiger partial charge in [0.15, 0.2) is 5.11 Å². The Hall–Kier alpha value is -3.69. The average Bonchev–Trinajstić information content (AvgIpc) is 3.59. The van der Waals surface area contributed by atoms with Crippen molar-refractivity contribution in [1.82, 2.24) is 14.8 Å². The number of amides is 2. The van der Waals surface area contributed by atoms with E-state index < -0.39 is 0 Å². The van der Waals surface area contributed by atoms with E-state index in [9.17, 15) is 9.59 Å². The van der Waals surface area contributed by atoms with Gasteiger partial charge in [0.25, 0.3) is 5.91 Å². The molecule has 37 heavy (non-hydrogen) atoms. The smallest absolute Gasteiger partial charge is 0.281 e. The van der Waals surface area contributed by atoms with Crippen LogP contribution in [-0.2, 0) is 20.9 Å². The maximum atomic E-state index is 13.5. The fourth-order valence-electron chi connectivity index (χ4n) is 4.75. The summed E-state index contributed by atoms with van der Waals surface area (Å²) in [5.74, 6) is 0.454. The van der Waals surface area contributed by atoms with Gasteiger partial charge in [-0.25, -0.2) is 0 Å². The van der Waals surface area contributed by atoms with E-state index in [0.29, 0.717) is 29.6 Å². The van der Waals surface area contributed by atoms with Crippen molar-refractivity contribution in [2.75, 3.05) is 31.7 Å². The van der Waals surface area contributed by atoms with Crippen LogP contribution in [0.3, 0.4) is 0 Å². The highest BCUT2D eigenvalue weighted by Crippen LogP contribution is 2.31. The van der Waals surface area contributed by atoms with Gasteiger partial charge in [-0.3, -0.25) is 14.5 Å². The van der Waals surface area contributed by atoms with Crippen molar-refractivity contribution in [2.45, 2.75) is 32.4 Å². The summed E-state index contributed by atoms with van der Waals surface area (Å²) in [5, 5.41) is 4.33. The zero-order chi connectivity index (χ0) is 25.9. The standard InChI is InChI=1S/C28H30N4O4S/c1-3-35-21-12-10-20(11-13-21)32-27(34)25(30(2)28(32)37)15-19-17-31(24-9-5-4-8-23(19)24)18-26(33)29-16-22-7-6-14-36-22/h4-5,8-13,15,17,22H,3,6-7,14,16,18H2,1-2H3,(H,29,33)/b25-15-/t22-/m0/s1. The van der Waals surface area contributed by atoms with Crippen LogP contribution in [0.25, 0.3) is 17.0 Å². The number of hydrogen-bond donors (Lipinski definition) is 1. The van der Waals surface area contributed by atoms with E-state index in [1.807, 2.05) is 72.3 Å². The van der Waals surface area contributed by atoms with Crippen LogP contribution < -0.4 is 15.0 Å². The molecular formula is C28H30N4O4S. The third kappa shape index (κ3) is 5.10. The predicted octanol–water partition coefficient (Wildman–Crippen LogP) is 3.94. The summed E-state index contributed by atoms with van der Waals surface area (Å²) in [6.45, 7) is 3.95. The summed E-state index contributed by atoms with van der Waals surface area (Å²) in [7, 11) is 1.79. The molecule has 1 aromatic heterocycles. The lowest BCUT2D eigenvalue weighted by atomic mass is 10.1. The number of hydrogen-bond acceptors (Lipinski definition) is 5. The molecule has 0 spiro atoms. The zero-order valence-corrected chi connectivity index (χ0v) is 21.8. The van der Waals surface area contributed by atoms with Gasteiger partial charge in [0, 0.05) is 42.9 Å². The van der Waals surface area contributed by atoms with E-state index in [-0.39, 0.29) is 24.5 Å². The van der Waals surface area contributed by atoms with Crippen molar-refractivity contribution in [2.24, 2.45) is 0 Å². The SMILES string of the molecule is CCOc1ccc(N2C(=O)/C(=C/c3cn(CC(=O)NC[C@@H]4CCCO4)c4ccccc34)N(C)C2=S)cc1. The summed E-state index contributed by atoms with van der Waals surface area (Å²) in [6, 6.07) is 15.2. The summed E-state index contributed by atoms with van der Waals surface area (Å²) in [6.07, 6.45) is 5.85. The molecule has 3 heterocycles. The highest BCUT2D eigenvalue weighted by atomic mass is 32.1. The first kappa shape index (κ1) is 25.0. The number of nitrogens with one attached hydrogen (secondary N) is 1. The molecule has 192 valence electrons. The summed E-state index contributed by atoms with van der Waals surface area (Å²) in [5.41, 5.74) is 2.90. The van der Waals surface area contributed by atoms with Crippen molar-refractivity contribution >= 4 is 51.8 Å². The molecule has 8 nitrogen and oxygen atoms in total. The number of likely N-dealkylation sites (N-methyl/N-ethyl adjacent to an activating group) is 1. The fraction of sp³-hybridized carbons (Fsp3) is 0.321. The van der Waals surface area contributed by atoms with Crippen molar-refractivity contribution in [3.05, 3.63) is 66.0 Å². The average molecular weight is 519 g/mol. The van der Waals surface area contributed by atoms with E-state index in [1.165, 1.54) is 4.90 Å².